The number of nitrogens with one attached hydrogen (secondary N) is 1. The van der Waals surface area contributed by atoms with Crippen molar-refractivity contribution in [3.8, 4) is 11.3 Å². The molecular formula is C25H26F3N5O. The number of fused-ring (bicyclic) bond motifs is 1. The van der Waals surface area contributed by atoms with Gasteiger partial charge in [0, 0.05) is 42.1 Å². The summed E-state index contributed by atoms with van der Waals surface area (Å²) in [7, 11) is 1.81. The van der Waals surface area contributed by atoms with E-state index >= 15 is 0 Å². The molecule has 0 fully saturated rings. The Morgan fingerprint density at radius 3 is 2.62 bits per heavy atom. The minimum Gasteiger partial charge on any atom is -0.362 e. The maximum atomic E-state index is 14.2. The molecule has 0 bridgehead atoms. The Bertz CT molecular complexity index is 1280. The predicted octanol–water partition coefficient (Wildman–Crippen LogP) is 5.59. The van der Waals surface area contributed by atoms with Crippen LogP contribution in [0.4, 0.5) is 13.2 Å². The van der Waals surface area contributed by atoms with Crippen LogP contribution in [0.3, 0.4) is 0 Å². The SMILES string of the molecule is CCC1(c2cccc(-c3ccnn3C)c2)C2=C(CC(C)(C)CC2=O)NC2N=NC(C(F)(F)F)=C21. The highest BCUT2D eigenvalue weighted by atomic mass is 19.4. The van der Waals surface area contributed by atoms with Gasteiger partial charge in [-0.15, -0.1) is 5.11 Å². The van der Waals surface area contributed by atoms with Gasteiger partial charge in [-0.05, 0) is 36.0 Å². The normalized spacial score (nSPS) is 26.0. The number of rotatable bonds is 3. The number of azo groups is 1. The number of hydrogen-bond acceptors (Lipinski definition) is 5. The lowest BCUT2D eigenvalue weighted by molar-refractivity contribution is -0.119. The van der Waals surface area contributed by atoms with Crippen molar-refractivity contribution in [2.75, 3.05) is 0 Å². The van der Waals surface area contributed by atoms with Crippen LogP contribution in [-0.4, -0.2) is 27.9 Å². The van der Waals surface area contributed by atoms with Crippen molar-refractivity contribution < 1.29 is 18.0 Å². The van der Waals surface area contributed by atoms with Crippen LogP contribution in [0, 0.1) is 5.41 Å². The molecule has 0 spiro atoms. The van der Waals surface area contributed by atoms with Gasteiger partial charge in [0.1, 0.15) is 0 Å². The molecule has 34 heavy (non-hydrogen) atoms. The highest BCUT2D eigenvalue weighted by Crippen LogP contribution is 2.56. The molecule has 178 valence electrons. The first kappa shape index (κ1) is 22.6. The third kappa shape index (κ3) is 3.24. The smallest absolute Gasteiger partial charge is 0.362 e. The van der Waals surface area contributed by atoms with E-state index < -0.39 is 23.5 Å². The van der Waals surface area contributed by atoms with Crippen LogP contribution in [0.25, 0.3) is 11.3 Å². The molecule has 5 rings (SSSR count). The molecule has 1 aliphatic carbocycles. The second-order valence-corrected chi connectivity index (χ2v) is 10.00. The van der Waals surface area contributed by atoms with E-state index in [-0.39, 0.29) is 29.6 Å². The Morgan fingerprint density at radius 1 is 1.21 bits per heavy atom. The van der Waals surface area contributed by atoms with E-state index in [0.29, 0.717) is 23.3 Å². The Hall–Kier alpha value is -3.23. The van der Waals surface area contributed by atoms with Crippen LogP contribution in [0.5, 0.6) is 0 Å². The lowest BCUT2D eigenvalue weighted by atomic mass is 9.58. The van der Waals surface area contributed by atoms with Gasteiger partial charge >= 0.3 is 6.18 Å². The van der Waals surface area contributed by atoms with Gasteiger partial charge in [-0.1, -0.05) is 39.0 Å². The molecule has 2 unspecified atom stereocenters. The molecule has 2 aliphatic heterocycles. The van der Waals surface area contributed by atoms with E-state index in [1.54, 1.807) is 10.9 Å². The highest BCUT2D eigenvalue weighted by Gasteiger charge is 2.57. The molecule has 1 aromatic carbocycles. The Labute approximate surface area is 195 Å². The van der Waals surface area contributed by atoms with Crippen LogP contribution in [0.1, 0.15) is 45.6 Å². The van der Waals surface area contributed by atoms with Crippen molar-refractivity contribution in [2.24, 2.45) is 22.7 Å². The van der Waals surface area contributed by atoms with Crippen LogP contribution >= 0.6 is 0 Å². The van der Waals surface area contributed by atoms with Gasteiger partial charge in [0.05, 0.1) is 11.1 Å². The summed E-state index contributed by atoms with van der Waals surface area (Å²) in [6.45, 7) is 5.82. The number of ketones is 1. The summed E-state index contributed by atoms with van der Waals surface area (Å²) >= 11 is 0. The lowest BCUT2D eigenvalue weighted by Crippen LogP contribution is -2.52. The van der Waals surface area contributed by atoms with Gasteiger partial charge in [0.25, 0.3) is 0 Å². The zero-order valence-electron chi connectivity index (χ0n) is 19.5. The first-order chi connectivity index (χ1) is 16.0. The van der Waals surface area contributed by atoms with Crippen molar-refractivity contribution in [3.05, 3.63) is 64.6 Å². The fourth-order valence-corrected chi connectivity index (χ4v) is 5.81. The van der Waals surface area contributed by atoms with Gasteiger partial charge in [0.15, 0.2) is 17.6 Å². The minimum absolute atomic E-state index is 0.0106. The van der Waals surface area contributed by atoms with Gasteiger partial charge in [-0.3, -0.25) is 9.48 Å². The summed E-state index contributed by atoms with van der Waals surface area (Å²) in [6.07, 6.45) is -2.89. The molecule has 0 amide bonds. The first-order valence-electron chi connectivity index (χ1n) is 11.3. The van der Waals surface area contributed by atoms with E-state index in [9.17, 15) is 18.0 Å². The van der Waals surface area contributed by atoms with Crippen molar-refractivity contribution in [1.82, 2.24) is 15.1 Å². The first-order valence-corrected chi connectivity index (χ1v) is 11.3. The zero-order chi connectivity index (χ0) is 24.5. The van der Waals surface area contributed by atoms with Gasteiger partial charge < -0.3 is 5.32 Å². The van der Waals surface area contributed by atoms with Crippen molar-refractivity contribution >= 4 is 5.78 Å². The van der Waals surface area contributed by atoms with Crippen LogP contribution in [0.2, 0.25) is 0 Å². The molecule has 1 aromatic heterocycles. The van der Waals surface area contributed by atoms with E-state index in [4.69, 9.17) is 0 Å². The number of carbonyl (C=O) groups is 1. The zero-order valence-corrected chi connectivity index (χ0v) is 19.5. The van der Waals surface area contributed by atoms with Gasteiger partial charge in [-0.2, -0.15) is 23.4 Å². The summed E-state index contributed by atoms with van der Waals surface area (Å²) in [4.78, 5) is 13.6. The molecule has 3 aliphatic rings. The standard InChI is InChI=1S/C25H26F3N5O/c1-5-24(15-8-6-7-14(11-15)17-9-10-29-33(17)4)19-16(12-23(2,3)13-18(19)34)30-22-20(24)21(31-32-22)25(26,27)28/h6-11,22,30H,5,12-13H2,1-4H3. The van der Waals surface area contributed by atoms with E-state index in [1.807, 2.05) is 58.2 Å². The number of carbonyl (C=O) groups excluding carboxylic acids is 1. The number of aryl methyl sites for hydroxylation is 1. The predicted molar refractivity (Wildman–Crippen MR) is 121 cm³/mol. The van der Waals surface area contributed by atoms with Crippen molar-refractivity contribution in [1.29, 1.82) is 0 Å². The average Bonchev–Trinajstić information content (AvgIpc) is 3.37. The summed E-state index contributed by atoms with van der Waals surface area (Å²) < 4.78 is 44.2. The Morgan fingerprint density at radius 2 is 1.97 bits per heavy atom. The Kier molecular flexibility index (Phi) is 4.90. The fraction of sp³-hybridized carbons (Fsp3) is 0.440. The van der Waals surface area contributed by atoms with Crippen LogP contribution < -0.4 is 5.32 Å². The number of allylic oxidation sites excluding steroid dienone is 3. The van der Waals surface area contributed by atoms with Crippen molar-refractivity contribution in [3.63, 3.8) is 0 Å². The highest BCUT2D eigenvalue weighted by molar-refractivity contribution is 6.01. The van der Waals surface area contributed by atoms with E-state index in [2.05, 4.69) is 20.6 Å². The maximum Gasteiger partial charge on any atom is 0.435 e. The monoisotopic (exact) mass is 469 g/mol. The van der Waals surface area contributed by atoms with Crippen LogP contribution in [0.15, 0.2) is 69.3 Å². The third-order valence-corrected chi connectivity index (χ3v) is 7.15. The molecule has 0 saturated heterocycles. The second kappa shape index (κ2) is 7.38. The largest absolute Gasteiger partial charge is 0.435 e. The molecule has 6 nitrogen and oxygen atoms in total. The number of benzene rings is 1. The quantitative estimate of drug-likeness (QED) is 0.637. The number of alkyl halides is 3. The van der Waals surface area contributed by atoms with Crippen molar-refractivity contribution in [2.45, 2.75) is 57.8 Å². The van der Waals surface area contributed by atoms with Crippen LogP contribution in [-0.2, 0) is 17.3 Å². The van der Waals surface area contributed by atoms with Gasteiger partial charge in [0.2, 0.25) is 0 Å². The van der Waals surface area contributed by atoms with Gasteiger partial charge in [-0.25, -0.2) is 0 Å². The molecule has 9 heteroatoms. The summed E-state index contributed by atoms with van der Waals surface area (Å²) in [6, 6.07) is 9.25. The maximum absolute atomic E-state index is 14.2. The minimum atomic E-state index is -4.69. The number of hydrogen-bond donors (Lipinski definition) is 1. The molecule has 0 saturated carbocycles. The van der Waals surface area contributed by atoms with E-state index in [1.165, 1.54) is 0 Å². The Balaban J connectivity index is 1.83. The second-order valence-electron chi connectivity index (χ2n) is 10.00. The summed E-state index contributed by atoms with van der Waals surface area (Å²) in [5.74, 6) is -0.133. The summed E-state index contributed by atoms with van der Waals surface area (Å²) in [5.41, 5.74) is 0.761. The van der Waals surface area contributed by atoms with E-state index in [0.717, 1.165) is 11.3 Å². The fourth-order valence-electron chi connectivity index (χ4n) is 5.81. The molecule has 3 heterocycles. The number of nitrogens with zero attached hydrogens (tertiary/aromatic N) is 4. The third-order valence-electron chi connectivity index (χ3n) is 7.15. The molecule has 2 aromatic rings. The lowest BCUT2D eigenvalue weighted by Gasteiger charge is -2.48. The number of Topliss-reactive ketones (excluding diaryl/α,β-unsaturated/α-hetero) is 1. The molecular weight excluding hydrogens is 443 g/mol. The number of halogens is 3. The topological polar surface area (TPSA) is 71.6 Å². The summed E-state index contributed by atoms with van der Waals surface area (Å²) in [5, 5.41) is 14.9. The average molecular weight is 470 g/mol. The number of aromatic nitrogens is 2. The molecule has 2 atom stereocenters. The molecule has 1 N–H and O–H groups in total. The molecule has 0 radical (unpaired) electrons.